The van der Waals surface area contributed by atoms with Crippen LogP contribution >= 0.6 is 0 Å². The molecule has 0 saturated carbocycles. The number of ether oxygens (including phenoxy) is 3. The van der Waals surface area contributed by atoms with Gasteiger partial charge in [-0.15, -0.1) is 0 Å². The van der Waals surface area contributed by atoms with E-state index in [1.807, 2.05) is 0 Å². The van der Waals surface area contributed by atoms with Crippen molar-refractivity contribution in [2.24, 2.45) is 7.05 Å². The molecule has 146 valence electrons. The lowest BCUT2D eigenvalue weighted by atomic mass is 10.1. The molecule has 1 heterocycles. The Hall–Kier alpha value is -3.55. The molecular formula is C20H21N3O5. The summed E-state index contributed by atoms with van der Waals surface area (Å²) in [5.74, 6) is 1.21. The average molecular weight is 383 g/mol. The van der Waals surface area contributed by atoms with Crippen LogP contribution in [0.15, 0.2) is 41.2 Å². The van der Waals surface area contributed by atoms with Crippen molar-refractivity contribution in [2.75, 3.05) is 21.3 Å². The summed E-state index contributed by atoms with van der Waals surface area (Å²) >= 11 is 0. The fourth-order valence-corrected chi connectivity index (χ4v) is 2.96. The Morgan fingerprint density at radius 1 is 1.00 bits per heavy atom. The van der Waals surface area contributed by atoms with Crippen molar-refractivity contribution in [3.05, 3.63) is 58.0 Å². The molecule has 2 aromatic carbocycles. The van der Waals surface area contributed by atoms with E-state index >= 15 is 0 Å². The van der Waals surface area contributed by atoms with Crippen LogP contribution in [0.3, 0.4) is 0 Å². The predicted octanol–water partition coefficient (Wildman–Crippen LogP) is 1.89. The van der Waals surface area contributed by atoms with E-state index < -0.39 is 5.91 Å². The summed E-state index contributed by atoms with van der Waals surface area (Å²) in [6.45, 7) is 0.182. The Morgan fingerprint density at radius 3 is 2.25 bits per heavy atom. The standard InChI is InChI=1S/C20H21N3O5/c1-23-20(25)14-8-6-5-7-13(14)18(22-23)19(24)21-11-12-9-16(27-3)17(28-4)10-15(12)26-2/h5-10H,11H2,1-4H3,(H,21,24). The van der Waals surface area contributed by atoms with Crippen molar-refractivity contribution in [3.63, 3.8) is 0 Å². The first-order valence-electron chi connectivity index (χ1n) is 8.53. The third kappa shape index (κ3) is 3.48. The summed E-state index contributed by atoms with van der Waals surface area (Å²) in [6, 6.07) is 10.3. The number of rotatable bonds is 6. The highest BCUT2D eigenvalue weighted by Crippen LogP contribution is 2.34. The third-order valence-corrected chi connectivity index (χ3v) is 4.40. The first-order chi connectivity index (χ1) is 13.5. The zero-order chi connectivity index (χ0) is 20.3. The fourth-order valence-electron chi connectivity index (χ4n) is 2.96. The Kier molecular flexibility index (Phi) is 5.49. The molecule has 0 saturated heterocycles. The van der Waals surface area contributed by atoms with Crippen LogP contribution in [0.2, 0.25) is 0 Å². The molecule has 0 unspecified atom stereocenters. The molecular weight excluding hydrogens is 362 g/mol. The van der Waals surface area contributed by atoms with Crippen LogP contribution in [0.1, 0.15) is 16.1 Å². The SMILES string of the molecule is COc1cc(OC)c(OC)cc1CNC(=O)c1nn(C)c(=O)c2ccccc12. The first-order valence-corrected chi connectivity index (χ1v) is 8.53. The van der Waals surface area contributed by atoms with Gasteiger partial charge in [0.1, 0.15) is 5.75 Å². The van der Waals surface area contributed by atoms with Gasteiger partial charge in [0, 0.05) is 30.6 Å². The highest BCUT2D eigenvalue weighted by molar-refractivity contribution is 6.04. The van der Waals surface area contributed by atoms with Gasteiger partial charge in [-0.25, -0.2) is 4.68 Å². The second kappa shape index (κ2) is 7.99. The predicted molar refractivity (Wildman–Crippen MR) is 104 cm³/mol. The molecule has 0 aliphatic rings. The van der Waals surface area contributed by atoms with E-state index in [1.165, 1.54) is 28.4 Å². The van der Waals surface area contributed by atoms with Crippen LogP contribution in [-0.2, 0) is 13.6 Å². The normalized spacial score (nSPS) is 10.6. The Labute approximate surface area is 161 Å². The van der Waals surface area contributed by atoms with Crippen LogP contribution in [0.25, 0.3) is 10.8 Å². The molecule has 1 N–H and O–H groups in total. The minimum absolute atomic E-state index is 0.178. The number of nitrogens with one attached hydrogen (secondary N) is 1. The van der Waals surface area contributed by atoms with Gasteiger partial charge in [0.25, 0.3) is 11.5 Å². The maximum Gasteiger partial charge on any atom is 0.274 e. The van der Waals surface area contributed by atoms with Gasteiger partial charge in [0.2, 0.25) is 0 Å². The van der Waals surface area contributed by atoms with E-state index in [1.54, 1.807) is 36.4 Å². The van der Waals surface area contributed by atoms with Crippen molar-refractivity contribution < 1.29 is 19.0 Å². The number of carbonyl (C=O) groups excluding carboxylic acids is 1. The molecule has 0 atom stereocenters. The van der Waals surface area contributed by atoms with Gasteiger partial charge in [0.05, 0.1) is 26.7 Å². The van der Waals surface area contributed by atoms with Gasteiger partial charge in [0.15, 0.2) is 17.2 Å². The zero-order valence-electron chi connectivity index (χ0n) is 16.1. The topological polar surface area (TPSA) is 91.7 Å². The number of fused-ring (bicyclic) bond motifs is 1. The summed E-state index contributed by atoms with van der Waals surface area (Å²) in [4.78, 5) is 25.0. The second-order valence-electron chi connectivity index (χ2n) is 6.02. The highest BCUT2D eigenvalue weighted by Gasteiger charge is 2.17. The lowest BCUT2D eigenvalue weighted by Crippen LogP contribution is -2.29. The molecule has 0 aliphatic heterocycles. The molecule has 0 radical (unpaired) electrons. The smallest absolute Gasteiger partial charge is 0.274 e. The number of aromatic nitrogens is 2. The van der Waals surface area contributed by atoms with E-state index in [9.17, 15) is 9.59 Å². The summed E-state index contributed by atoms with van der Waals surface area (Å²) in [6.07, 6.45) is 0. The Morgan fingerprint density at radius 2 is 1.61 bits per heavy atom. The van der Waals surface area contributed by atoms with Gasteiger partial charge >= 0.3 is 0 Å². The molecule has 1 amide bonds. The molecule has 8 nitrogen and oxygen atoms in total. The maximum atomic E-state index is 12.8. The van der Waals surface area contributed by atoms with Gasteiger partial charge in [-0.2, -0.15) is 5.10 Å². The maximum absolute atomic E-state index is 12.8. The number of hydrogen-bond acceptors (Lipinski definition) is 6. The van der Waals surface area contributed by atoms with Crippen LogP contribution in [-0.4, -0.2) is 37.0 Å². The third-order valence-electron chi connectivity index (χ3n) is 4.40. The molecule has 0 bridgehead atoms. The van der Waals surface area contributed by atoms with Crippen molar-refractivity contribution in [3.8, 4) is 17.2 Å². The quantitative estimate of drug-likeness (QED) is 0.699. The van der Waals surface area contributed by atoms with Gasteiger partial charge in [-0.05, 0) is 12.1 Å². The van der Waals surface area contributed by atoms with E-state index in [0.29, 0.717) is 33.6 Å². The summed E-state index contributed by atoms with van der Waals surface area (Å²) < 4.78 is 17.1. The highest BCUT2D eigenvalue weighted by atomic mass is 16.5. The molecule has 0 spiro atoms. The molecule has 8 heteroatoms. The van der Waals surface area contributed by atoms with Gasteiger partial charge in [-0.1, -0.05) is 18.2 Å². The van der Waals surface area contributed by atoms with E-state index in [-0.39, 0.29) is 17.8 Å². The number of hydrogen-bond donors (Lipinski definition) is 1. The van der Waals surface area contributed by atoms with Crippen molar-refractivity contribution >= 4 is 16.7 Å². The van der Waals surface area contributed by atoms with Crippen molar-refractivity contribution in [2.45, 2.75) is 6.54 Å². The Bertz CT molecular complexity index is 1090. The number of carbonyl (C=O) groups is 1. The summed E-state index contributed by atoms with van der Waals surface area (Å²) in [5, 5.41) is 7.90. The minimum Gasteiger partial charge on any atom is -0.496 e. The van der Waals surface area contributed by atoms with Crippen LogP contribution in [0, 0.1) is 0 Å². The summed E-state index contributed by atoms with van der Waals surface area (Å²) in [5.41, 5.74) is 0.633. The minimum atomic E-state index is -0.399. The first kappa shape index (κ1) is 19.2. The van der Waals surface area contributed by atoms with Crippen molar-refractivity contribution in [1.29, 1.82) is 0 Å². The van der Waals surface area contributed by atoms with E-state index in [2.05, 4.69) is 10.4 Å². The summed E-state index contributed by atoms with van der Waals surface area (Å²) in [7, 11) is 6.12. The van der Waals surface area contributed by atoms with Crippen LogP contribution in [0.5, 0.6) is 17.2 Å². The largest absolute Gasteiger partial charge is 0.496 e. The molecule has 0 fully saturated rings. The lowest BCUT2D eigenvalue weighted by molar-refractivity contribution is 0.0945. The molecule has 1 aromatic heterocycles. The number of methoxy groups -OCH3 is 3. The average Bonchev–Trinajstić information content (AvgIpc) is 2.73. The second-order valence-corrected chi connectivity index (χ2v) is 6.02. The fraction of sp³-hybridized carbons (Fsp3) is 0.250. The molecule has 3 rings (SSSR count). The van der Waals surface area contributed by atoms with Gasteiger partial charge < -0.3 is 19.5 Å². The monoisotopic (exact) mass is 383 g/mol. The van der Waals surface area contributed by atoms with E-state index in [0.717, 1.165) is 4.68 Å². The van der Waals surface area contributed by atoms with Crippen LogP contribution < -0.4 is 25.1 Å². The number of aryl methyl sites for hydroxylation is 1. The van der Waals surface area contributed by atoms with E-state index in [4.69, 9.17) is 14.2 Å². The Balaban J connectivity index is 1.92. The number of nitrogens with zero attached hydrogens (tertiary/aromatic N) is 2. The van der Waals surface area contributed by atoms with Crippen LogP contribution in [0.4, 0.5) is 0 Å². The molecule has 3 aromatic rings. The molecule has 0 aliphatic carbocycles. The zero-order valence-corrected chi connectivity index (χ0v) is 16.1. The number of amides is 1. The van der Waals surface area contributed by atoms with Crippen molar-refractivity contribution in [1.82, 2.24) is 15.1 Å². The lowest BCUT2D eigenvalue weighted by Gasteiger charge is -2.15. The number of benzene rings is 2. The van der Waals surface area contributed by atoms with Gasteiger partial charge in [-0.3, -0.25) is 9.59 Å². The molecule has 28 heavy (non-hydrogen) atoms.